The molecule has 2 aromatic rings. The molecule has 0 atom stereocenters. The summed E-state index contributed by atoms with van der Waals surface area (Å²) >= 11 is 11.8. The zero-order chi connectivity index (χ0) is 13.3. The fraction of sp³-hybridized carbons (Fsp3) is 0.167. The predicted molar refractivity (Wildman–Crippen MR) is 69.7 cm³/mol. The van der Waals surface area contributed by atoms with Gasteiger partial charge in [0.1, 0.15) is 0 Å². The smallest absolute Gasteiger partial charge is 0.307 e. The molecular formula is C12H10Cl2N2O2. The number of hydrogen-bond donors (Lipinski definition) is 1. The van der Waals surface area contributed by atoms with Crippen molar-refractivity contribution in [1.29, 1.82) is 0 Å². The molecule has 0 aliphatic rings. The van der Waals surface area contributed by atoms with E-state index in [-0.39, 0.29) is 6.42 Å². The first-order chi connectivity index (χ1) is 8.49. The van der Waals surface area contributed by atoms with Crippen LogP contribution < -0.4 is 0 Å². The second kappa shape index (κ2) is 5.00. The highest BCUT2D eigenvalue weighted by molar-refractivity contribution is 6.42. The van der Waals surface area contributed by atoms with Gasteiger partial charge in [-0.15, -0.1) is 0 Å². The number of aromatic nitrogens is 2. The zero-order valence-corrected chi connectivity index (χ0v) is 11.0. The Morgan fingerprint density at radius 1 is 1.39 bits per heavy atom. The normalized spacial score (nSPS) is 10.6. The first-order valence-corrected chi connectivity index (χ1v) is 5.95. The number of benzene rings is 1. The third-order valence-electron chi connectivity index (χ3n) is 2.60. The van der Waals surface area contributed by atoms with E-state index >= 15 is 0 Å². The molecule has 0 saturated carbocycles. The van der Waals surface area contributed by atoms with Crippen LogP contribution in [0, 0.1) is 6.92 Å². The van der Waals surface area contributed by atoms with Crippen LogP contribution in [0.5, 0.6) is 0 Å². The summed E-state index contributed by atoms with van der Waals surface area (Å²) in [6.07, 6.45) is 1.50. The summed E-state index contributed by atoms with van der Waals surface area (Å²) in [5.74, 6) is -0.883. The summed E-state index contributed by atoms with van der Waals surface area (Å²) in [5.41, 5.74) is 2.20. The molecule has 0 aliphatic heterocycles. The highest BCUT2D eigenvalue weighted by Crippen LogP contribution is 2.25. The summed E-state index contributed by atoms with van der Waals surface area (Å²) in [4.78, 5) is 10.7. The van der Waals surface area contributed by atoms with Gasteiger partial charge in [-0.2, -0.15) is 5.10 Å². The molecule has 6 heteroatoms. The molecule has 0 radical (unpaired) electrons. The van der Waals surface area contributed by atoms with E-state index in [1.807, 2.05) is 6.92 Å². The van der Waals surface area contributed by atoms with Gasteiger partial charge in [-0.05, 0) is 25.1 Å². The number of carbonyl (C=O) groups is 1. The lowest BCUT2D eigenvalue weighted by atomic mass is 10.2. The molecule has 1 heterocycles. The minimum Gasteiger partial charge on any atom is -0.481 e. The van der Waals surface area contributed by atoms with Crippen molar-refractivity contribution in [2.24, 2.45) is 0 Å². The third-order valence-corrected chi connectivity index (χ3v) is 3.34. The molecule has 1 aromatic carbocycles. The number of nitrogens with zero attached hydrogens (tertiary/aromatic N) is 2. The summed E-state index contributed by atoms with van der Waals surface area (Å²) in [5, 5.41) is 13.8. The Bertz CT molecular complexity index is 608. The molecular weight excluding hydrogens is 275 g/mol. The van der Waals surface area contributed by atoms with Gasteiger partial charge in [0.15, 0.2) is 0 Å². The molecule has 0 fully saturated rings. The minimum absolute atomic E-state index is 0.0485. The molecule has 18 heavy (non-hydrogen) atoms. The van der Waals surface area contributed by atoms with Gasteiger partial charge in [0, 0.05) is 11.3 Å². The van der Waals surface area contributed by atoms with Gasteiger partial charge in [-0.3, -0.25) is 4.79 Å². The summed E-state index contributed by atoms with van der Waals surface area (Å²) in [6, 6.07) is 5.14. The quantitative estimate of drug-likeness (QED) is 0.942. The van der Waals surface area contributed by atoms with E-state index in [1.54, 1.807) is 29.1 Å². The van der Waals surface area contributed by atoms with Crippen LogP contribution in [0.15, 0.2) is 24.4 Å². The van der Waals surface area contributed by atoms with Crippen molar-refractivity contribution >= 4 is 29.2 Å². The topological polar surface area (TPSA) is 55.1 Å². The Kier molecular flexibility index (Phi) is 3.59. The lowest BCUT2D eigenvalue weighted by molar-refractivity contribution is -0.136. The number of rotatable bonds is 3. The molecule has 1 N–H and O–H groups in total. The van der Waals surface area contributed by atoms with Crippen molar-refractivity contribution in [3.63, 3.8) is 0 Å². The standard InChI is InChI=1S/C12H10Cl2N2O2/c1-7-8(4-12(17)18)6-15-16(7)9-2-3-10(13)11(14)5-9/h2-3,5-6H,4H2,1H3,(H,17,18). The lowest BCUT2D eigenvalue weighted by Crippen LogP contribution is -2.03. The second-order valence-corrected chi connectivity index (χ2v) is 4.65. The lowest BCUT2D eigenvalue weighted by Gasteiger charge is -2.06. The van der Waals surface area contributed by atoms with Gasteiger partial charge in [0.2, 0.25) is 0 Å². The molecule has 0 spiro atoms. The zero-order valence-electron chi connectivity index (χ0n) is 9.52. The summed E-state index contributed by atoms with van der Waals surface area (Å²) in [7, 11) is 0. The third kappa shape index (κ3) is 2.49. The van der Waals surface area contributed by atoms with Gasteiger partial charge in [0.05, 0.1) is 28.4 Å². The van der Waals surface area contributed by atoms with Crippen molar-refractivity contribution in [2.75, 3.05) is 0 Å². The van der Waals surface area contributed by atoms with E-state index in [9.17, 15) is 4.79 Å². The van der Waals surface area contributed by atoms with Crippen molar-refractivity contribution in [3.8, 4) is 5.69 Å². The van der Waals surface area contributed by atoms with Crippen LogP contribution in [-0.4, -0.2) is 20.9 Å². The number of carboxylic acids is 1. The second-order valence-electron chi connectivity index (χ2n) is 3.84. The van der Waals surface area contributed by atoms with Crippen molar-refractivity contribution in [2.45, 2.75) is 13.3 Å². The fourth-order valence-corrected chi connectivity index (χ4v) is 1.95. The van der Waals surface area contributed by atoms with Crippen LogP contribution in [0.4, 0.5) is 0 Å². The van der Waals surface area contributed by atoms with Crippen LogP contribution in [-0.2, 0) is 11.2 Å². The average Bonchev–Trinajstić information content (AvgIpc) is 2.64. The van der Waals surface area contributed by atoms with Gasteiger partial charge >= 0.3 is 5.97 Å². The Labute approximate surface area is 114 Å². The maximum absolute atomic E-state index is 10.7. The number of hydrogen-bond acceptors (Lipinski definition) is 2. The maximum Gasteiger partial charge on any atom is 0.307 e. The van der Waals surface area contributed by atoms with Crippen molar-refractivity contribution in [3.05, 3.63) is 45.7 Å². The van der Waals surface area contributed by atoms with Crippen molar-refractivity contribution in [1.82, 2.24) is 9.78 Å². The van der Waals surface area contributed by atoms with Crippen LogP contribution in [0.3, 0.4) is 0 Å². The van der Waals surface area contributed by atoms with E-state index in [4.69, 9.17) is 28.3 Å². The van der Waals surface area contributed by atoms with Gasteiger partial charge in [0.25, 0.3) is 0 Å². The SMILES string of the molecule is Cc1c(CC(=O)O)cnn1-c1ccc(Cl)c(Cl)c1. The van der Waals surface area contributed by atoms with E-state index in [0.717, 1.165) is 11.4 Å². The molecule has 1 aromatic heterocycles. The average molecular weight is 285 g/mol. The molecule has 4 nitrogen and oxygen atoms in total. The molecule has 0 amide bonds. The van der Waals surface area contributed by atoms with E-state index in [1.165, 1.54) is 0 Å². The molecule has 0 bridgehead atoms. The van der Waals surface area contributed by atoms with Gasteiger partial charge in [-0.1, -0.05) is 23.2 Å². The Hall–Kier alpha value is -1.52. The van der Waals surface area contributed by atoms with E-state index < -0.39 is 5.97 Å². The Morgan fingerprint density at radius 2 is 2.11 bits per heavy atom. The number of halogens is 2. The Morgan fingerprint density at radius 3 is 2.72 bits per heavy atom. The summed E-state index contributed by atoms with van der Waals surface area (Å²) in [6.45, 7) is 1.81. The van der Waals surface area contributed by atoms with Crippen LogP contribution in [0.2, 0.25) is 10.0 Å². The molecule has 2 rings (SSSR count). The van der Waals surface area contributed by atoms with E-state index in [0.29, 0.717) is 15.6 Å². The van der Waals surface area contributed by atoms with Crippen LogP contribution in [0.25, 0.3) is 5.69 Å². The summed E-state index contributed by atoms with van der Waals surface area (Å²) < 4.78 is 1.64. The molecule has 0 aliphatic carbocycles. The number of carboxylic acid groups (broad SMARTS) is 1. The predicted octanol–water partition coefficient (Wildman–Crippen LogP) is 3.11. The van der Waals surface area contributed by atoms with Gasteiger partial charge in [-0.25, -0.2) is 4.68 Å². The highest BCUT2D eigenvalue weighted by Gasteiger charge is 2.11. The first kappa shape index (κ1) is 12.9. The Balaban J connectivity index is 2.42. The van der Waals surface area contributed by atoms with Crippen LogP contribution >= 0.6 is 23.2 Å². The first-order valence-electron chi connectivity index (χ1n) is 5.19. The van der Waals surface area contributed by atoms with Crippen molar-refractivity contribution < 1.29 is 9.90 Å². The number of aliphatic carboxylic acids is 1. The maximum atomic E-state index is 10.7. The minimum atomic E-state index is -0.883. The van der Waals surface area contributed by atoms with E-state index in [2.05, 4.69) is 5.10 Å². The monoisotopic (exact) mass is 284 g/mol. The van der Waals surface area contributed by atoms with Gasteiger partial charge < -0.3 is 5.11 Å². The van der Waals surface area contributed by atoms with Crippen LogP contribution in [0.1, 0.15) is 11.3 Å². The molecule has 94 valence electrons. The molecule has 0 unspecified atom stereocenters. The largest absolute Gasteiger partial charge is 0.481 e. The molecule has 0 saturated heterocycles. The fourth-order valence-electron chi connectivity index (χ4n) is 1.66. The highest BCUT2D eigenvalue weighted by atomic mass is 35.5.